The molecule has 1 aromatic heterocycles. The van der Waals surface area contributed by atoms with E-state index in [0.29, 0.717) is 5.92 Å². The van der Waals surface area contributed by atoms with Crippen molar-refractivity contribution in [2.24, 2.45) is 5.92 Å². The number of hydrogen-bond acceptors (Lipinski definition) is 3. The molecule has 0 aromatic carbocycles. The fourth-order valence-electron chi connectivity index (χ4n) is 1.90. The zero-order valence-corrected chi connectivity index (χ0v) is 11.9. The number of aromatic nitrogens is 2. The molecule has 0 radical (unpaired) electrons. The van der Waals surface area contributed by atoms with E-state index in [1.807, 2.05) is 6.20 Å². The third kappa shape index (κ3) is 5.12. The molecule has 1 N–H and O–H groups in total. The molecule has 0 amide bonds. The van der Waals surface area contributed by atoms with Crippen LogP contribution in [0.4, 0.5) is 0 Å². The highest BCUT2D eigenvalue weighted by Gasteiger charge is 2.11. The quantitative estimate of drug-likeness (QED) is 0.700. The number of thioether (sulfide) groups is 1. The predicted molar refractivity (Wildman–Crippen MR) is 73.9 cm³/mol. The second-order valence-corrected chi connectivity index (χ2v) is 5.40. The monoisotopic (exact) mass is 270 g/mol. The first-order valence-electron chi connectivity index (χ1n) is 6.53. The minimum absolute atomic E-state index is 0.0722. The summed E-state index contributed by atoms with van der Waals surface area (Å²) >= 11 is 1.29. The Morgan fingerprint density at radius 3 is 2.94 bits per heavy atom. The van der Waals surface area contributed by atoms with Gasteiger partial charge in [-0.05, 0) is 12.3 Å². The molecule has 0 aliphatic rings. The molecule has 1 aromatic rings. The van der Waals surface area contributed by atoms with Gasteiger partial charge in [0.1, 0.15) is 0 Å². The molecule has 102 valence electrons. The lowest BCUT2D eigenvalue weighted by Crippen LogP contribution is -2.11. The summed E-state index contributed by atoms with van der Waals surface area (Å²) in [5, 5.41) is 9.50. The van der Waals surface area contributed by atoms with Crippen LogP contribution in [0, 0.1) is 5.92 Å². The average Bonchev–Trinajstić information content (AvgIpc) is 2.79. The largest absolute Gasteiger partial charge is 0.481 e. The molecule has 0 aliphatic heterocycles. The van der Waals surface area contributed by atoms with E-state index in [0.717, 1.165) is 18.1 Å². The van der Waals surface area contributed by atoms with E-state index in [-0.39, 0.29) is 5.75 Å². The molecule has 18 heavy (non-hydrogen) atoms. The SMILES string of the molecule is CCCCC(CC)Cn1ccnc1SCC(=O)O. The maximum absolute atomic E-state index is 10.6. The first kappa shape index (κ1) is 15.1. The highest BCUT2D eigenvalue weighted by molar-refractivity contribution is 7.99. The molecular formula is C13H22N2O2S. The Hall–Kier alpha value is -0.970. The Labute approximate surface area is 113 Å². The van der Waals surface area contributed by atoms with Gasteiger partial charge in [0.15, 0.2) is 5.16 Å². The molecule has 0 saturated carbocycles. The number of imidazole rings is 1. The average molecular weight is 270 g/mol. The minimum atomic E-state index is -0.799. The number of aliphatic carboxylic acids is 1. The summed E-state index contributed by atoms with van der Waals surface area (Å²) in [6.07, 6.45) is 8.55. The van der Waals surface area contributed by atoms with Crippen LogP contribution in [0.1, 0.15) is 39.5 Å². The number of unbranched alkanes of at least 4 members (excludes halogenated alkanes) is 1. The molecule has 0 aliphatic carbocycles. The minimum Gasteiger partial charge on any atom is -0.481 e. The topological polar surface area (TPSA) is 55.1 Å². The fraction of sp³-hybridized carbons (Fsp3) is 0.692. The van der Waals surface area contributed by atoms with E-state index < -0.39 is 5.97 Å². The highest BCUT2D eigenvalue weighted by Crippen LogP contribution is 2.20. The zero-order valence-electron chi connectivity index (χ0n) is 11.1. The lowest BCUT2D eigenvalue weighted by atomic mass is 9.99. The van der Waals surface area contributed by atoms with Crippen LogP contribution in [0.2, 0.25) is 0 Å². The molecule has 4 nitrogen and oxygen atoms in total. The van der Waals surface area contributed by atoms with Gasteiger partial charge < -0.3 is 9.67 Å². The molecular weight excluding hydrogens is 248 g/mol. The summed E-state index contributed by atoms with van der Waals surface area (Å²) in [7, 11) is 0. The number of carboxylic acids is 1. The van der Waals surface area contributed by atoms with Crippen LogP contribution in [0.5, 0.6) is 0 Å². The van der Waals surface area contributed by atoms with Crippen LogP contribution < -0.4 is 0 Å². The summed E-state index contributed by atoms with van der Waals surface area (Å²) in [5.74, 6) is -0.0705. The molecule has 0 bridgehead atoms. The van der Waals surface area contributed by atoms with Crippen molar-refractivity contribution in [1.82, 2.24) is 9.55 Å². The zero-order chi connectivity index (χ0) is 13.4. The smallest absolute Gasteiger partial charge is 0.313 e. The third-order valence-electron chi connectivity index (χ3n) is 3.00. The highest BCUT2D eigenvalue weighted by atomic mass is 32.2. The predicted octanol–water partition coefficient (Wildman–Crippen LogP) is 3.28. The van der Waals surface area contributed by atoms with E-state index in [1.165, 1.54) is 31.0 Å². The van der Waals surface area contributed by atoms with Crippen molar-refractivity contribution >= 4 is 17.7 Å². The van der Waals surface area contributed by atoms with Crippen LogP contribution in [0.3, 0.4) is 0 Å². The van der Waals surface area contributed by atoms with Gasteiger partial charge >= 0.3 is 5.97 Å². The van der Waals surface area contributed by atoms with Gasteiger partial charge in [0.2, 0.25) is 0 Å². The second-order valence-electron chi connectivity index (χ2n) is 4.46. The number of carbonyl (C=O) groups is 1. The standard InChI is InChI=1S/C13H22N2O2S/c1-3-5-6-11(4-2)9-15-8-7-14-13(15)18-10-12(16)17/h7-8,11H,3-6,9-10H2,1-2H3,(H,16,17). The van der Waals surface area contributed by atoms with Gasteiger partial charge in [-0.15, -0.1) is 0 Å². The normalized spacial score (nSPS) is 12.6. The summed E-state index contributed by atoms with van der Waals surface area (Å²) in [6.45, 7) is 5.36. The molecule has 1 heterocycles. The van der Waals surface area contributed by atoms with Gasteiger partial charge in [-0.25, -0.2) is 4.98 Å². The fourth-order valence-corrected chi connectivity index (χ4v) is 2.59. The Bertz CT molecular complexity index is 366. The van der Waals surface area contributed by atoms with Crippen molar-refractivity contribution in [3.05, 3.63) is 12.4 Å². The molecule has 0 fully saturated rings. The summed E-state index contributed by atoms with van der Waals surface area (Å²) in [5.41, 5.74) is 0. The maximum Gasteiger partial charge on any atom is 0.313 e. The van der Waals surface area contributed by atoms with Gasteiger partial charge in [0, 0.05) is 18.9 Å². The van der Waals surface area contributed by atoms with Crippen LogP contribution in [-0.4, -0.2) is 26.4 Å². The molecule has 1 atom stereocenters. The Kier molecular flexibility index (Phi) is 6.86. The summed E-state index contributed by atoms with van der Waals surface area (Å²) in [4.78, 5) is 14.8. The van der Waals surface area contributed by atoms with Crippen molar-refractivity contribution < 1.29 is 9.90 Å². The van der Waals surface area contributed by atoms with E-state index in [9.17, 15) is 4.79 Å². The molecule has 1 unspecified atom stereocenters. The van der Waals surface area contributed by atoms with Crippen molar-refractivity contribution in [2.45, 2.75) is 51.2 Å². The van der Waals surface area contributed by atoms with Gasteiger partial charge in [-0.3, -0.25) is 4.79 Å². The van der Waals surface area contributed by atoms with Gasteiger partial charge in [0.25, 0.3) is 0 Å². The van der Waals surface area contributed by atoms with E-state index in [2.05, 4.69) is 23.4 Å². The number of carboxylic acid groups (broad SMARTS) is 1. The molecule has 1 rings (SSSR count). The lowest BCUT2D eigenvalue weighted by molar-refractivity contribution is -0.133. The second kappa shape index (κ2) is 8.19. The van der Waals surface area contributed by atoms with Crippen molar-refractivity contribution in [1.29, 1.82) is 0 Å². The lowest BCUT2D eigenvalue weighted by Gasteiger charge is -2.16. The Morgan fingerprint density at radius 1 is 1.56 bits per heavy atom. The van der Waals surface area contributed by atoms with Crippen LogP contribution in [0.25, 0.3) is 0 Å². The Balaban J connectivity index is 2.54. The van der Waals surface area contributed by atoms with Crippen molar-refractivity contribution in [2.75, 3.05) is 5.75 Å². The van der Waals surface area contributed by atoms with Gasteiger partial charge in [0.05, 0.1) is 5.75 Å². The van der Waals surface area contributed by atoms with E-state index >= 15 is 0 Å². The van der Waals surface area contributed by atoms with Gasteiger partial charge in [-0.2, -0.15) is 0 Å². The van der Waals surface area contributed by atoms with Crippen molar-refractivity contribution in [3.8, 4) is 0 Å². The third-order valence-corrected chi connectivity index (χ3v) is 3.99. The molecule has 0 saturated heterocycles. The van der Waals surface area contributed by atoms with Gasteiger partial charge in [-0.1, -0.05) is 44.9 Å². The molecule has 0 spiro atoms. The number of rotatable bonds is 9. The Morgan fingerprint density at radius 2 is 2.33 bits per heavy atom. The molecule has 5 heteroatoms. The van der Waals surface area contributed by atoms with Crippen LogP contribution >= 0.6 is 11.8 Å². The van der Waals surface area contributed by atoms with Crippen LogP contribution in [-0.2, 0) is 11.3 Å². The first-order valence-corrected chi connectivity index (χ1v) is 7.51. The van der Waals surface area contributed by atoms with E-state index in [1.54, 1.807) is 6.20 Å². The van der Waals surface area contributed by atoms with E-state index in [4.69, 9.17) is 5.11 Å². The number of nitrogens with zero attached hydrogens (tertiary/aromatic N) is 2. The summed E-state index contributed by atoms with van der Waals surface area (Å²) < 4.78 is 2.08. The number of hydrogen-bond donors (Lipinski definition) is 1. The van der Waals surface area contributed by atoms with Crippen LogP contribution in [0.15, 0.2) is 17.6 Å². The summed E-state index contributed by atoms with van der Waals surface area (Å²) in [6, 6.07) is 0. The first-order chi connectivity index (χ1) is 8.67. The maximum atomic E-state index is 10.6. The van der Waals surface area contributed by atoms with Crippen molar-refractivity contribution in [3.63, 3.8) is 0 Å².